The number of rotatable bonds is 8. The fourth-order valence-electron chi connectivity index (χ4n) is 2.65. The molecule has 0 radical (unpaired) electrons. The molecule has 0 bridgehead atoms. The molecule has 0 aromatic heterocycles. The highest BCUT2D eigenvalue weighted by Gasteiger charge is 2.17. The highest BCUT2D eigenvalue weighted by Crippen LogP contribution is 2.36. The van der Waals surface area contributed by atoms with Crippen LogP contribution in [0.5, 0.6) is 11.5 Å². The summed E-state index contributed by atoms with van der Waals surface area (Å²) in [5.41, 5.74) is 0.486. The third-order valence-corrected chi connectivity index (χ3v) is 4.22. The van der Waals surface area contributed by atoms with Crippen LogP contribution >= 0.6 is 24.0 Å². The van der Waals surface area contributed by atoms with Gasteiger partial charge < -0.3 is 20.1 Å². The predicted molar refractivity (Wildman–Crippen MR) is 99.0 cm³/mol. The zero-order chi connectivity index (χ0) is 16.7. The van der Waals surface area contributed by atoms with Gasteiger partial charge in [-0.3, -0.25) is 4.79 Å². The van der Waals surface area contributed by atoms with Crippen molar-refractivity contribution in [2.75, 3.05) is 33.4 Å². The van der Waals surface area contributed by atoms with Crippen LogP contribution in [0.25, 0.3) is 0 Å². The maximum absolute atomic E-state index is 12.3. The molecule has 0 spiro atoms. The molecule has 1 aliphatic rings. The summed E-state index contributed by atoms with van der Waals surface area (Å²) >= 11 is 6.24. The molecule has 1 aliphatic heterocycles. The molecule has 1 aromatic rings. The molecule has 5 nitrogen and oxygen atoms in total. The molecule has 2 N–H and O–H groups in total. The van der Waals surface area contributed by atoms with E-state index in [9.17, 15) is 4.79 Å². The summed E-state index contributed by atoms with van der Waals surface area (Å²) in [6, 6.07) is 3.30. The minimum absolute atomic E-state index is 0. The van der Waals surface area contributed by atoms with E-state index < -0.39 is 0 Å². The second-order valence-corrected chi connectivity index (χ2v) is 6.15. The average Bonchev–Trinajstić information content (AvgIpc) is 3.06. The van der Waals surface area contributed by atoms with Crippen LogP contribution < -0.4 is 20.1 Å². The number of carbonyl (C=O) groups is 1. The Morgan fingerprint density at radius 3 is 2.88 bits per heavy atom. The van der Waals surface area contributed by atoms with Crippen molar-refractivity contribution in [3.8, 4) is 11.5 Å². The largest absolute Gasteiger partial charge is 0.493 e. The van der Waals surface area contributed by atoms with E-state index in [1.54, 1.807) is 19.2 Å². The molecule has 1 aromatic carbocycles. The van der Waals surface area contributed by atoms with Crippen LogP contribution in [0.2, 0.25) is 5.02 Å². The second-order valence-electron chi connectivity index (χ2n) is 5.74. The van der Waals surface area contributed by atoms with E-state index >= 15 is 0 Å². The van der Waals surface area contributed by atoms with Gasteiger partial charge in [0, 0.05) is 12.1 Å². The Morgan fingerprint density at radius 1 is 1.46 bits per heavy atom. The molecular formula is C17H26Cl2N2O3. The fraction of sp³-hybridized carbons (Fsp3) is 0.588. The van der Waals surface area contributed by atoms with Crippen LogP contribution in [0, 0.1) is 5.92 Å². The number of halogens is 2. The Hall–Kier alpha value is -1.17. The molecule has 136 valence electrons. The van der Waals surface area contributed by atoms with Crippen LogP contribution in [-0.4, -0.2) is 39.3 Å². The van der Waals surface area contributed by atoms with Crippen LogP contribution in [0.1, 0.15) is 36.5 Å². The van der Waals surface area contributed by atoms with Crippen LogP contribution in [0.15, 0.2) is 12.1 Å². The van der Waals surface area contributed by atoms with E-state index in [4.69, 9.17) is 21.1 Å². The number of amides is 1. The number of nitrogens with one attached hydrogen (secondary N) is 2. The smallest absolute Gasteiger partial charge is 0.251 e. The van der Waals surface area contributed by atoms with Gasteiger partial charge in [0.2, 0.25) is 0 Å². The molecule has 1 amide bonds. The SMILES string of the molecule is CCCOc1c(Cl)cc(C(=O)NCCC2CCNC2)cc1OC.Cl. The summed E-state index contributed by atoms with van der Waals surface area (Å²) in [5.74, 6) is 1.48. The van der Waals surface area contributed by atoms with Gasteiger partial charge in [-0.2, -0.15) is 0 Å². The molecule has 1 fully saturated rings. The Morgan fingerprint density at radius 2 is 2.25 bits per heavy atom. The lowest BCUT2D eigenvalue weighted by Crippen LogP contribution is -2.26. The van der Waals surface area contributed by atoms with Crippen molar-refractivity contribution in [2.24, 2.45) is 5.92 Å². The topological polar surface area (TPSA) is 59.6 Å². The Balaban J connectivity index is 0.00000288. The summed E-state index contributed by atoms with van der Waals surface area (Å²) in [7, 11) is 1.54. The number of hydrogen-bond acceptors (Lipinski definition) is 4. The van der Waals surface area contributed by atoms with Gasteiger partial charge in [0.15, 0.2) is 11.5 Å². The Labute approximate surface area is 154 Å². The first-order valence-corrected chi connectivity index (χ1v) is 8.52. The first-order valence-electron chi connectivity index (χ1n) is 8.15. The fourth-order valence-corrected chi connectivity index (χ4v) is 2.91. The number of ether oxygens (including phenoxy) is 2. The van der Waals surface area contributed by atoms with Gasteiger partial charge in [0.25, 0.3) is 5.91 Å². The molecule has 1 saturated heterocycles. The van der Waals surface area contributed by atoms with E-state index in [0.29, 0.717) is 41.2 Å². The van der Waals surface area contributed by atoms with Gasteiger partial charge >= 0.3 is 0 Å². The Kier molecular flexibility index (Phi) is 9.26. The first-order chi connectivity index (χ1) is 11.2. The quantitative estimate of drug-likeness (QED) is 0.730. The third kappa shape index (κ3) is 5.72. The molecule has 0 saturated carbocycles. The molecule has 7 heteroatoms. The first kappa shape index (κ1) is 20.9. The van der Waals surface area contributed by atoms with Crippen LogP contribution in [-0.2, 0) is 0 Å². The minimum Gasteiger partial charge on any atom is -0.493 e. The van der Waals surface area contributed by atoms with Gasteiger partial charge in [0.1, 0.15) is 0 Å². The predicted octanol–water partition coefficient (Wildman–Crippen LogP) is 3.29. The molecule has 2 rings (SSSR count). The normalized spacial score (nSPS) is 16.4. The van der Waals surface area contributed by atoms with Crippen LogP contribution in [0.4, 0.5) is 0 Å². The number of carbonyl (C=O) groups excluding carboxylic acids is 1. The molecular weight excluding hydrogens is 351 g/mol. The van der Waals surface area contributed by atoms with Crippen molar-refractivity contribution in [3.63, 3.8) is 0 Å². The average molecular weight is 377 g/mol. The zero-order valence-electron chi connectivity index (χ0n) is 14.2. The lowest BCUT2D eigenvalue weighted by Gasteiger charge is -2.14. The summed E-state index contributed by atoms with van der Waals surface area (Å²) in [6.45, 7) is 5.35. The van der Waals surface area contributed by atoms with E-state index in [2.05, 4.69) is 10.6 Å². The van der Waals surface area contributed by atoms with Gasteiger partial charge in [0.05, 0.1) is 18.7 Å². The lowest BCUT2D eigenvalue weighted by atomic mass is 10.1. The highest BCUT2D eigenvalue weighted by molar-refractivity contribution is 6.32. The van der Waals surface area contributed by atoms with Crippen molar-refractivity contribution in [3.05, 3.63) is 22.7 Å². The van der Waals surface area contributed by atoms with E-state index in [1.165, 1.54) is 6.42 Å². The van der Waals surface area contributed by atoms with Crippen molar-refractivity contribution >= 4 is 29.9 Å². The van der Waals surface area contributed by atoms with E-state index in [-0.39, 0.29) is 18.3 Å². The lowest BCUT2D eigenvalue weighted by molar-refractivity contribution is 0.0951. The van der Waals surface area contributed by atoms with Crippen molar-refractivity contribution < 1.29 is 14.3 Å². The number of hydrogen-bond donors (Lipinski definition) is 2. The molecule has 1 heterocycles. The Bertz CT molecular complexity index is 535. The summed E-state index contributed by atoms with van der Waals surface area (Å²) in [6.07, 6.45) is 3.04. The third-order valence-electron chi connectivity index (χ3n) is 3.94. The maximum Gasteiger partial charge on any atom is 0.251 e. The van der Waals surface area contributed by atoms with Crippen LogP contribution in [0.3, 0.4) is 0 Å². The molecule has 1 atom stereocenters. The van der Waals surface area contributed by atoms with Crippen molar-refractivity contribution in [1.29, 1.82) is 0 Å². The minimum atomic E-state index is -0.141. The number of benzene rings is 1. The molecule has 1 unspecified atom stereocenters. The monoisotopic (exact) mass is 376 g/mol. The maximum atomic E-state index is 12.3. The summed E-state index contributed by atoms with van der Waals surface area (Å²) in [5, 5.41) is 6.66. The summed E-state index contributed by atoms with van der Waals surface area (Å²) < 4.78 is 10.9. The van der Waals surface area contributed by atoms with E-state index in [1.807, 2.05) is 6.92 Å². The summed E-state index contributed by atoms with van der Waals surface area (Å²) in [4.78, 5) is 12.3. The second kappa shape index (κ2) is 10.6. The van der Waals surface area contributed by atoms with Gasteiger partial charge in [-0.05, 0) is 50.4 Å². The van der Waals surface area contributed by atoms with Crippen molar-refractivity contribution in [1.82, 2.24) is 10.6 Å². The van der Waals surface area contributed by atoms with Gasteiger partial charge in [-0.25, -0.2) is 0 Å². The molecule has 0 aliphatic carbocycles. The van der Waals surface area contributed by atoms with E-state index in [0.717, 1.165) is 25.9 Å². The zero-order valence-corrected chi connectivity index (χ0v) is 15.8. The van der Waals surface area contributed by atoms with Gasteiger partial charge in [-0.1, -0.05) is 18.5 Å². The highest BCUT2D eigenvalue weighted by atomic mass is 35.5. The standard InChI is InChI=1S/C17H25ClN2O3.ClH/c1-3-8-23-16-14(18)9-13(10-15(16)22-2)17(21)20-7-5-12-4-6-19-11-12;/h9-10,12,19H,3-8,11H2,1-2H3,(H,20,21);1H. The van der Waals surface area contributed by atoms with Gasteiger partial charge in [-0.15, -0.1) is 12.4 Å². The van der Waals surface area contributed by atoms with Crippen molar-refractivity contribution in [2.45, 2.75) is 26.2 Å². The molecule has 24 heavy (non-hydrogen) atoms. The number of methoxy groups -OCH3 is 1.